The molecule has 0 unspecified atom stereocenters. The summed E-state index contributed by atoms with van der Waals surface area (Å²) in [7, 11) is 0. The summed E-state index contributed by atoms with van der Waals surface area (Å²) in [6.45, 7) is 4.41. The number of aliphatic hydroxyl groups is 1. The number of aliphatic imine (C=N–C) groups is 1. The molecule has 0 aromatic carbocycles. The number of aliphatic hydroxyl groups excluding tert-OH is 1. The van der Waals surface area contributed by atoms with Crippen LogP contribution in [0.25, 0.3) is 0 Å². The van der Waals surface area contributed by atoms with Gasteiger partial charge < -0.3 is 5.11 Å². The van der Waals surface area contributed by atoms with Gasteiger partial charge in [0, 0.05) is 31.4 Å². The first kappa shape index (κ1) is 13.5. The van der Waals surface area contributed by atoms with Crippen LogP contribution < -0.4 is 0 Å². The maximum absolute atomic E-state index is 11.9. The molecule has 0 bridgehead atoms. The van der Waals surface area contributed by atoms with Gasteiger partial charge >= 0.3 is 0 Å². The van der Waals surface area contributed by atoms with Crippen molar-refractivity contribution in [3.63, 3.8) is 0 Å². The third-order valence-corrected chi connectivity index (χ3v) is 3.11. The van der Waals surface area contributed by atoms with Gasteiger partial charge in [-0.05, 0) is 17.0 Å². The zero-order valence-corrected chi connectivity index (χ0v) is 11.3. The van der Waals surface area contributed by atoms with Crippen LogP contribution in [0.1, 0.15) is 32.3 Å². The number of pyridine rings is 1. The van der Waals surface area contributed by atoms with E-state index in [4.69, 9.17) is 0 Å². The van der Waals surface area contributed by atoms with E-state index < -0.39 is 0 Å². The van der Waals surface area contributed by atoms with Gasteiger partial charge in [-0.2, -0.15) is 0 Å². The monoisotopic (exact) mass is 258 g/mol. The Morgan fingerprint density at radius 2 is 2.26 bits per heavy atom. The van der Waals surface area contributed by atoms with Gasteiger partial charge in [-0.1, -0.05) is 19.9 Å². The van der Waals surface area contributed by atoms with E-state index in [1.165, 1.54) is 6.21 Å². The first-order valence-corrected chi connectivity index (χ1v) is 6.32. The second-order valence-electron chi connectivity index (χ2n) is 5.63. The third-order valence-electron chi connectivity index (χ3n) is 3.11. The number of nitrogens with zero attached hydrogens (tertiary/aromatic N) is 2. The number of hydrogen-bond donors (Lipinski definition) is 1. The maximum Gasteiger partial charge on any atom is 0.168 e. The van der Waals surface area contributed by atoms with E-state index in [1.807, 2.05) is 26.0 Å². The van der Waals surface area contributed by atoms with Crippen molar-refractivity contribution in [2.24, 2.45) is 10.4 Å². The molecule has 0 amide bonds. The van der Waals surface area contributed by atoms with Gasteiger partial charge in [0.1, 0.15) is 5.76 Å². The van der Waals surface area contributed by atoms with Crippen LogP contribution in [0, 0.1) is 5.41 Å². The van der Waals surface area contributed by atoms with Crippen molar-refractivity contribution in [1.82, 2.24) is 4.98 Å². The fraction of sp³-hybridized carbons (Fsp3) is 0.400. The summed E-state index contributed by atoms with van der Waals surface area (Å²) in [5.41, 5.74) is 1.16. The van der Waals surface area contributed by atoms with Crippen LogP contribution in [0.2, 0.25) is 0 Å². The third kappa shape index (κ3) is 3.50. The lowest BCUT2D eigenvalue weighted by atomic mass is 9.77. The zero-order valence-electron chi connectivity index (χ0n) is 11.3. The number of rotatable bonds is 3. The summed E-state index contributed by atoms with van der Waals surface area (Å²) in [4.78, 5) is 20.1. The number of aromatic nitrogens is 1. The molecule has 1 N–H and O–H groups in total. The molecule has 4 nitrogen and oxygen atoms in total. The Bertz CT molecular complexity index is 530. The molecule has 0 spiro atoms. The molecule has 0 atom stereocenters. The number of carbonyl (C=O) groups is 1. The highest BCUT2D eigenvalue weighted by Crippen LogP contribution is 2.35. The van der Waals surface area contributed by atoms with Gasteiger partial charge in [0.15, 0.2) is 5.78 Å². The Morgan fingerprint density at radius 1 is 1.47 bits per heavy atom. The van der Waals surface area contributed by atoms with Crippen molar-refractivity contribution in [1.29, 1.82) is 0 Å². The minimum Gasteiger partial charge on any atom is -0.511 e. The second kappa shape index (κ2) is 5.34. The van der Waals surface area contributed by atoms with Gasteiger partial charge in [-0.3, -0.25) is 14.8 Å². The van der Waals surface area contributed by atoms with Gasteiger partial charge in [-0.25, -0.2) is 0 Å². The molecular formula is C15H18N2O2. The molecule has 4 heteroatoms. The maximum atomic E-state index is 11.9. The van der Waals surface area contributed by atoms with Crippen LogP contribution >= 0.6 is 0 Å². The number of ketones is 1. The van der Waals surface area contributed by atoms with Crippen LogP contribution in [0.15, 0.2) is 40.9 Å². The molecule has 1 aromatic heterocycles. The van der Waals surface area contributed by atoms with Crippen LogP contribution in [-0.4, -0.2) is 22.1 Å². The van der Waals surface area contributed by atoms with Gasteiger partial charge in [0.05, 0.1) is 12.1 Å². The zero-order chi connectivity index (χ0) is 13.9. The van der Waals surface area contributed by atoms with E-state index in [-0.39, 0.29) is 17.0 Å². The highest BCUT2D eigenvalue weighted by molar-refractivity contribution is 6.14. The van der Waals surface area contributed by atoms with E-state index in [0.29, 0.717) is 25.0 Å². The number of hydrogen-bond acceptors (Lipinski definition) is 4. The quantitative estimate of drug-likeness (QED) is 0.848. The van der Waals surface area contributed by atoms with E-state index >= 15 is 0 Å². The number of Topliss-reactive ketones (excluding diaryl/α,β-unsaturated/α-hetero) is 1. The highest BCUT2D eigenvalue weighted by Gasteiger charge is 2.32. The normalized spacial score (nSPS) is 19.2. The first-order chi connectivity index (χ1) is 8.98. The van der Waals surface area contributed by atoms with E-state index in [1.54, 1.807) is 12.4 Å². The SMILES string of the molecule is CC1(C)CC(=O)C(C=NCc2cccnc2)=C(O)C1. The standard InChI is InChI=1S/C15H18N2O2/c1-15(2)6-13(18)12(14(19)7-15)10-17-9-11-4-3-5-16-8-11/h3-5,8,10,18H,6-7,9H2,1-2H3. The summed E-state index contributed by atoms with van der Waals surface area (Å²) >= 11 is 0. The minimum absolute atomic E-state index is 0.0383. The molecule has 0 radical (unpaired) electrons. The second-order valence-corrected chi connectivity index (χ2v) is 5.63. The molecule has 0 fully saturated rings. The topological polar surface area (TPSA) is 62.5 Å². The Labute approximate surface area is 112 Å². The Morgan fingerprint density at radius 3 is 2.89 bits per heavy atom. The Hall–Kier alpha value is -1.97. The van der Waals surface area contributed by atoms with Crippen molar-refractivity contribution in [2.45, 2.75) is 33.2 Å². The minimum atomic E-state index is -0.165. The fourth-order valence-electron chi connectivity index (χ4n) is 2.18. The Balaban J connectivity index is 2.08. The number of allylic oxidation sites excluding steroid dienone is 2. The predicted molar refractivity (Wildman–Crippen MR) is 74.1 cm³/mol. The van der Waals surface area contributed by atoms with Crippen molar-refractivity contribution in [3.05, 3.63) is 41.4 Å². The summed E-state index contributed by atoms with van der Waals surface area (Å²) in [5.74, 6) is 0.111. The van der Waals surface area contributed by atoms with Crippen molar-refractivity contribution >= 4 is 12.0 Å². The lowest BCUT2D eigenvalue weighted by Crippen LogP contribution is -2.26. The molecule has 0 saturated heterocycles. The van der Waals surface area contributed by atoms with Gasteiger partial charge in [0.2, 0.25) is 0 Å². The van der Waals surface area contributed by atoms with Gasteiger partial charge in [-0.15, -0.1) is 0 Å². The molecule has 2 rings (SSSR count). The lowest BCUT2D eigenvalue weighted by molar-refractivity contribution is -0.117. The van der Waals surface area contributed by atoms with Crippen molar-refractivity contribution in [3.8, 4) is 0 Å². The smallest absolute Gasteiger partial charge is 0.168 e. The highest BCUT2D eigenvalue weighted by atomic mass is 16.3. The van der Waals surface area contributed by atoms with E-state index in [9.17, 15) is 9.90 Å². The molecule has 0 aliphatic heterocycles. The molecular weight excluding hydrogens is 240 g/mol. The molecule has 100 valence electrons. The molecule has 1 aliphatic rings. The predicted octanol–water partition coefficient (Wildman–Crippen LogP) is 2.85. The van der Waals surface area contributed by atoms with Crippen LogP contribution in [-0.2, 0) is 11.3 Å². The summed E-state index contributed by atoms with van der Waals surface area (Å²) in [5, 5.41) is 9.93. The fourth-order valence-corrected chi connectivity index (χ4v) is 2.18. The summed E-state index contributed by atoms with van der Waals surface area (Å²) < 4.78 is 0. The van der Waals surface area contributed by atoms with Crippen molar-refractivity contribution in [2.75, 3.05) is 0 Å². The average Bonchev–Trinajstić information content (AvgIpc) is 2.32. The summed E-state index contributed by atoms with van der Waals surface area (Å²) in [6.07, 6.45) is 5.89. The summed E-state index contributed by atoms with van der Waals surface area (Å²) in [6, 6.07) is 3.76. The lowest BCUT2D eigenvalue weighted by Gasteiger charge is -2.28. The molecule has 1 aliphatic carbocycles. The largest absolute Gasteiger partial charge is 0.511 e. The molecule has 0 saturated carbocycles. The van der Waals surface area contributed by atoms with E-state index in [2.05, 4.69) is 9.98 Å². The van der Waals surface area contributed by atoms with Crippen molar-refractivity contribution < 1.29 is 9.90 Å². The molecule has 1 heterocycles. The van der Waals surface area contributed by atoms with Crippen LogP contribution in [0.5, 0.6) is 0 Å². The van der Waals surface area contributed by atoms with Crippen LogP contribution in [0.3, 0.4) is 0 Å². The molecule has 1 aromatic rings. The molecule has 19 heavy (non-hydrogen) atoms. The number of carbonyl (C=O) groups excluding carboxylic acids is 1. The first-order valence-electron chi connectivity index (χ1n) is 6.32. The van der Waals surface area contributed by atoms with Crippen LogP contribution in [0.4, 0.5) is 0 Å². The average molecular weight is 258 g/mol. The van der Waals surface area contributed by atoms with Gasteiger partial charge in [0.25, 0.3) is 0 Å². The Kier molecular flexibility index (Phi) is 3.79. The van der Waals surface area contributed by atoms with E-state index in [0.717, 1.165) is 5.56 Å².